The lowest BCUT2D eigenvalue weighted by molar-refractivity contribution is -0.142. The average molecular weight is 325 g/mol. The molecular weight excluding hydrogens is 315 g/mol. The van der Waals surface area contributed by atoms with E-state index in [4.69, 9.17) is 0 Å². The summed E-state index contributed by atoms with van der Waals surface area (Å²) in [6, 6.07) is 7.35. The number of aryl methyl sites for hydroxylation is 1. The van der Waals surface area contributed by atoms with E-state index < -0.39 is 11.9 Å². The third kappa shape index (κ3) is 2.69. The molecule has 0 radical (unpaired) electrons. The summed E-state index contributed by atoms with van der Waals surface area (Å²) in [5, 5.41) is 15.1. The topological polar surface area (TPSA) is 50.9 Å². The van der Waals surface area contributed by atoms with E-state index in [1.54, 1.807) is 17.5 Å². The maximum absolute atomic E-state index is 13.0. The summed E-state index contributed by atoms with van der Waals surface area (Å²) in [7, 11) is 0. The zero-order valence-electron chi connectivity index (χ0n) is 11.3. The molecular formula is C14H10F3N3OS. The van der Waals surface area contributed by atoms with E-state index in [-0.39, 0.29) is 16.6 Å². The zero-order chi connectivity index (χ0) is 15.9. The fraction of sp³-hybridized carbons (Fsp3) is 0.143. The van der Waals surface area contributed by atoms with Gasteiger partial charge in [0.25, 0.3) is 0 Å². The fourth-order valence-corrected chi connectivity index (χ4v) is 2.80. The first-order valence-electron chi connectivity index (χ1n) is 6.24. The van der Waals surface area contributed by atoms with Gasteiger partial charge in [0.2, 0.25) is 5.13 Å². The molecule has 1 aromatic carbocycles. The Balaban J connectivity index is 2.05. The quantitative estimate of drug-likeness (QED) is 0.774. The molecule has 1 N–H and O–H groups in total. The molecule has 8 heteroatoms. The van der Waals surface area contributed by atoms with E-state index in [2.05, 4.69) is 10.1 Å². The molecule has 0 saturated heterocycles. The molecule has 0 aliphatic carbocycles. The molecule has 0 amide bonds. The normalized spacial score (nSPS) is 11.8. The Hall–Kier alpha value is -2.35. The molecule has 0 fully saturated rings. The van der Waals surface area contributed by atoms with Gasteiger partial charge in [-0.05, 0) is 25.1 Å². The van der Waals surface area contributed by atoms with Gasteiger partial charge in [0, 0.05) is 10.9 Å². The average Bonchev–Trinajstić information content (AvgIpc) is 3.04. The second-order valence-electron chi connectivity index (χ2n) is 4.65. The Labute approximate surface area is 127 Å². The van der Waals surface area contributed by atoms with Crippen molar-refractivity contribution in [3.63, 3.8) is 0 Å². The standard InChI is InChI=1S/C14H10F3N3OS/c1-8-5-12(14(15,16)17)20(19-8)13-18-11(7-22-13)9-3-2-4-10(21)6-9/h2-7,21H,1H3. The maximum Gasteiger partial charge on any atom is 0.433 e. The first-order valence-corrected chi connectivity index (χ1v) is 7.12. The van der Waals surface area contributed by atoms with Crippen LogP contribution in [0.3, 0.4) is 0 Å². The van der Waals surface area contributed by atoms with E-state index in [1.165, 1.54) is 19.1 Å². The molecule has 0 saturated carbocycles. The van der Waals surface area contributed by atoms with E-state index in [0.717, 1.165) is 22.1 Å². The molecule has 22 heavy (non-hydrogen) atoms. The fourth-order valence-electron chi connectivity index (χ4n) is 2.01. The van der Waals surface area contributed by atoms with Crippen LogP contribution in [0.25, 0.3) is 16.4 Å². The molecule has 3 rings (SSSR count). The number of thiazole rings is 1. The maximum atomic E-state index is 13.0. The van der Waals surface area contributed by atoms with Crippen LogP contribution < -0.4 is 0 Å². The van der Waals surface area contributed by atoms with Crippen LogP contribution in [0.15, 0.2) is 35.7 Å². The van der Waals surface area contributed by atoms with Gasteiger partial charge in [0.1, 0.15) is 5.75 Å². The number of nitrogens with zero attached hydrogens (tertiary/aromatic N) is 3. The number of benzene rings is 1. The van der Waals surface area contributed by atoms with Crippen LogP contribution in [-0.2, 0) is 6.18 Å². The number of phenolic OH excluding ortho intramolecular Hbond substituents is 1. The van der Waals surface area contributed by atoms with Crippen LogP contribution in [0.1, 0.15) is 11.4 Å². The van der Waals surface area contributed by atoms with Gasteiger partial charge >= 0.3 is 6.18 Å². The van der Waals surface area contributed by atoms with Crippen LogP contribution in [0, 0.1) is 6.92 Å². The SMILES string of the molecule is Cc1cc(C(F)(F)F)n(-c2nc(-c3cccc(O)c3)cs2)n1. The van der Waals surface area contributed by atoms with Gasteiger partial charge in [-0.15, -0.1) is 11.3 Å². The molecule has 0 aliphatic rings. The number of aromatic hydroxyl groups is 1. The van der Waals surface area contributed by atoms with E-state index in [0.29, 0.717) is 11.3 Å². The second kappa shape index (κ2) is 5.13. The van der Waals surface area contributed by atoms with E-state index >= 15 is 0 Å². The van der Waals surface area contributed by atoms with Crippen molar-refractivity contribution in [2.24, 2.45) is 0 Å². The largest absolute Gasteiger partial charge is 0.508 e. The van der Waals surface area contributed by atoms with Crippen LogP contribution in [0.2, 0.25) is 0 Å². The van der Waals surface area contributed by atoms with Gasteiger partial charge in [-0.25, -0.2) is 9.67 Å². The van der Waals surface area contributed by atoms with Crippen molar-refractivity contribution in [3.05, 3.63) is 47.1 Å². The Morgan fingerprint density at radius 1 is 1.23 bits per heavy atom. The van der Waals surface area contributed by atoms with Crippen molar-refractivity contribution in [3.8, 4) is 22.1 Å². The molecule has 0 aliphatic heterocycles. The molecule has 2 heterocycles. The number of aromatic nitrogens is 3. The lowest BCUT2D eigenvalue weighted by Crippen LogP contribution is -2.13. The molecule has 2 aromatic heterocycles. The molecule has 114 valence electrons. The highest BCUT2D eigenvalue weighted by molar-refractivity contribution is 7.12. The Morgan fingerprint density at radius 3 is 2.68 bits per heavy atom. The van der Waals surface area contributed by atoms with Crippen molar-refractivity contribution in [2.45, 2.75) is 13.1 Å². The van der Waals surface area contributed by atoms with E-state index in [9.17, 15) is 18.3 Å². The Kier molecular flexibility index (Phi) is 3.40. The van der Waals surface area contributed by atoms with Crippen molar-refractivity contribution < 1.29 is 18.3 Å². The summed E-state index contributed by atoms with van der Waals surface area (Å²) in [6.45, 7) is 1.50. The summed E-state index contributed by atoms with van der Waals surface area (Å²) in [5.41, 5.74) is 0.514. The predicted molar refractivity (Wildman–Crippen MR) is 76.1 cm³/mol. The lowest BCUT2D eigenvalue weighted by Gasteiger charge is -2.07. The number of halogens is 3. The number of alkyl halides is 3. The zero-order valence-corrected chi connectivity index (χ0v) is 12.1. The first kappa shape index (κ1) is 14.6. The van der Waals surface area contributed by atoms with Gasteiger partial charge in [-0.1, -0.05) is 12.1 Å². The Bertz CT molecular complexity index is 823. The van der Waals surface area contributed by atoms with Gasteiger partial charge in [0.05, 0.1) is 11.4 Å². The third-order valence-electron chi connectivity index (χ3n) is 2.94. The number of phenols is 1. The first-order chi connectivity index (χ1) is 10.3. The highest BCUT2D eigenvalue weighted by Gasteiger charge is 2.36. The van der Waals surface area contributed by atoms with Crippen molar-refractivity contribution >= 4 is 11.3 Å². The van der Waals surface area contributed by atoms with Crippen molar-refractivity contribution in [1.82, 2.24) is 14.8 Å². The Morgan fingerprint density at radius 2 is 2.00 bits per heavy atom. The van der Waals surface area contributed by atoms with E-state index in [1.807, 2.05) is 0 Å². The summed E-state index contributed by atoms with van der Waals surface area (Å²) in [6.07, 6.45) is -4.50. The molecule has 4 nitrogen and oxygen atoms in total. The summed E-state index contributed by atoms with van der Waals surface area (Å²) >= 11 is 1.05. The minimum atomic E-state index is -4.50. The summed E-state index contributed by atoms with van der Waals surface area (Å²) in [4.78, 5) is 4.19. The van der Waals surface area contributed by atoms with Crippen LogP contribution in [0.5, 0.6) is 5.75 Å². The van der Waals surface area contributed by atoms with Crippen LogP contribution >= 0.6 is 11.3 Å². The molecule has 3 aromatic rings. The lowest BCUT2D eigenvalue weighted by atomic mass is 10.2. The summed E-state index contributed by atoms with van der Waals surface area (Å²) < 4.78 is 39.8. The number of hydrogen-bond acceptors (Lipinski definition) is 4. The van der Waals surface area contributed by atoms with Crippen LogP contribution in [0.4, 0.5) is 13.2 Å². The summed E-state index contributed by atoms with van der Waals surface area (Å²) in [5.74, 6) is 0.0676. The minimum absolute atomic E-state index is 0.0676. The number of rotatable bonds is 2. The highest BCUT2D eigenvalue weighted by atomic mass is 32.1. The minimum Gasteiger partial charge on any atom is -0.508 e. The third-order valence-corrected chi connectivity index (χ3v) is 3.75. The van der Waals surface area contributed by atoms with Crippen molar-refractivity contribution in [2.75, 3.05) is 0 Å². The molecule has 0 spiro atoms. The van der Waals surface area contributed by atoms with Crippen LogP contribution in [-0.4, -0.2) is 19.9 Å². The second-order valence-corrected chi connectivity index (χ2v) is 5.48. The molecule has 0 bridgehead atoms. The predicted octanol–water partition coefficient (Wildman–Crippen LogP) is 4.03. The van der Waals surface area contributed by atoms with Gasteiger partial charge in [-0.2, -0.15) is 18.3 Å². The smallest absolute Gasteiger partial charge is 0.433 e. The number of hydrogen-bond donors (Lipinski definition) is 1. The van der Waals surface area contributed by atoms with Gasteiger partial charge in [0.15, 0.2) is 5.69 Å². The monoisotopic (exact) mass is 325 g/mol. The van der Waals surface area contributed by atoms with Crippen molar-refractivity contribution in [1.29, 1.82) is 0 Å². The molecule has 0 atom stereocenters. The highest BCUT2D eigenvalue weighted by Crippen LogP contribution is 2.33. The molecule has 0 unspecified atom stereocenters. The van der Waals surface area contributed by atoms with Gasteiger partial charge < -0.3 is 5.11 Å². The van der Waals surface area contributed by atoms with Gasteiger partial charge in [-0.3, -0.25) is 0 Å².